The second-order valence-corrected chi connectivity index (χ2v) is 9.78. The van der Waals surface area contributed by atoms with Crippen LogP contribution in [0.3, 0.4) is 0 Å². The third kappa shape index (κ3) is 6.05. The lowest BCUT2D eigenvalue weighted by Gasteiger charge is -2.20. The van der Waals surface area contributed by atoms with Crippen LogP contribution in [-0.4, -0.2) is 59.7 Å². The maximum Gasteiger partial charge on any atom is 0.279 e. The molecule has 1 fully saturated rings. The Bertz CT molecular complexity index is 1440. The predicted molar refractivity (Wildman–Crippen MR) is 138 cm³/mol. The van der Waals surface area contributed by atoms with Crippen LogP contribution in [0.25, 0.3) is 5.65 Å². The largest absolute Gasteiger partial charge is 0.389 e. The summed E-state index contributed by atoms with van der Waals surface area (Å²) in [5, 5.41) is 17.7. The van der Waals surface area contributed by atoms with Gasteiger partial charge in [-0.05, 0) is 51.5 Å². The number of fused-ring (bicyclic) bond motifs is 1. The summed E-state index contributed by atoms with van der Waals surface area (Å²) < 4.78 is 16.7. The highest BCUT2D eigenvalue weighted by atomic mass is 19.1. The van der Waals surface area contributed by atoms with E-state index in [9.17, 15) is 19.1 Å². The number of hydrogen-bond donors (Lipinski definition) is 2. The number of halogens is 1. The number of carbonyl (C=O) groups excluding carboxylic acids is 1. The molecule has 5 rings (SSSR count). The van der Waals surface area contributed by atoms with Crippen molar-refractivity contribution in [2.75, 3.05) is 18.0 Å². The third-order valence-electron chi connectivity index (χ3n) is 6.20. The first-order valence-electron chi connectivity index (χ1n) is 12.1. The lowest BCUT2D eigenvalue weighted by molar-refractivity contribution is 0.0531. The Labute approximate surface area is 213 Å². The van der Waals surface area contributed by atoms with Crippen LogP contribution >= 0.6 is 0 Å². The van der Waals surface area contributed by atoms with Crippen LogP contribution in [0.4, 0.5) is 10.2 Å². The summed E-state index contributed by atoms with van der Waals surface area (Å²) >= 11 is 0. The zero-order valence-electron chi connectivity index (χ0n) is 21.4. The molecule has 0 aliphatic carbocycles. The number of rotatable bonds is 5. The Morgan fingerprint density at radius 3 is 2.59 bits per heavy atom. The van der Waals surface area contributed by atoms with Crippen molar-refractivity contribution in [1.29, 1.82) is 0 Å². The van der Waals surface area contributed by atoms with Gasteiger partial charge in [0.05, 0.1) is 17.8 Å². The number of hydrogen-bond acceptors (Lipinski definition) is 6. The van der Waals surface area contributed by atoms with E-state index in [0.29, 0.717) is 12.2 Å². The summed E-state index contributed by atoms with van der Waals surface area (Å²) in [5.74, 6) is 0.260. The lowest BCUT2D eigenvalue weighted by Crippen LogP contribution is -2.39. The monoisotopic (exact) mass is 509 g/mol. The minimum atomic E-state index is -1.00. The van der Waals surface area contributed by atoms with Crippen LogP contribution in [0.2, 0.25) is 0 Å². The highest BCUT2D eigenvalue weighted by Crippen LogP contribution is 2.19. The number of nitrogens with zero attached hydrogens (tertiary/aromatic N) is 6. The average molecular weight is 510 g/mol. The number of imidazole rings is 1. The van der Waals surface area contributed by atoms with Gasteiger partial charge in [0.25, 0.3) is 11.5 Å². The molecule has 2 N–H and O–H groups in total. The molecular formula is C26H32FN7O3. The Hall–Kier alpha value is -3.99. The second kappa shape index (κ2) is 10.6. The molecule has 1 atom stereocenters. The fourth-order valence-corrected chi connectivity index (χ4v) is 4.37. The molecule has 196 valence electrons. The molecule has 1 aliphatic heterocycles. The van der Waals surface area contributed by atoms with Crippen molar-refractivity contribution in [2.24, 2.45) is 7.05 Å². The van der Waals surface area contributed by atoms with Crippen molar-refractivity contribution in [3.05, 3.63) is 82.3 Å². The zero-order chi connectivity index (χ0) is 26.7. The molecule has 3 aromatic heterocycles. The number of amides is 1. The number of benzene rings is 1. The number of aromatic nitrogens is 5. The molecule has 0 saturated carbocycles. The van der Waals surface area contributed by atoms with E-state index in [0.717, 1.165) is 24.4 Å². The fraction of sp³-hybridized carbons (Fsp3) is 0.385. The van der Waals surface area contributed by atoms with Crippen molar-refractivity contribution in [2.45, 2.75) is 45.4 Å². The Morgan fingerprint density at radius 1 is 1.22 bits per heavy atom. The van der Waals surface area contributed by atoms with E-state index in [-0.39, 0.29) is 35.4 Å². The molecule has 0 unspecified atom stereocenters. The van der Waals surface area contributed by atoms with Crippen LogP contribution in [0.5, 0.6) is 0 Å². The van der Waals surface area contributed by atoms with Crippen LogP contribution in [-0.2, 0) is 13.6 Å². The maximum absolute atomic E-state index is 12.9. The highest BCUT2D eigenvalue weighted by Gasteiger charge is 2.29. The maximum atomic E-state index is 12.9. The smallest absolute Gasteiger partial charge is 0.279 e. The molecular weight excluding hydrogens is 477 g/mol. The Balaban J connectivity index is 0.000000396. The molecule has 4 aromatic rings. The van der Waals surface area contributed by atoms with E-state index < -0.39 is 5.60 Å². The first kappa shape index (κ1) is 26.1. The van der Waals surface area contributed by atoms with Gasteiger partial charge in [-0.1, -0.05) is 18.2 Å². The van der Waals surface area contributed by atoms with Gasteiger partial charge in [0.15, 0.2) is 5.65 Å². The minimum Gasteiger partial charge on any atom is -0.389 e. The molecule has 10 nitrogen and oxygen atoms in total. The Kier molecular flexibility index (Phi) is 7.44. The number of anilines is 1. The van der Waals surface area contributed by atoms with Crippen LogP contribution in [0.1, 0.15) is 36.3 Å². The summed E-state index contributed by atoms with van der Waals surface area (Å²) in [6.07, 6.45) is 4.26. The van der Waals surface area contributed by atoms with E-state index in [2.05, 4.69) is 20.3 Å². The molecule has 4 heterocycles. The first-order chi connectivity index (χ1) is 17.5. The summed E-state index contributed by atoms with van der Waals surface area (Å²) in [5.41, 5.74) is 0.0835. The highest BCUT2D eigenvalue weighted by molar-refractivity contribution is 5.95. The molecule has 11 heteroatoms. The van der Waals surface area contributed by atoms with E-state index >= 15 is 0 Å². The molecule has 0 radical (unpaired) electrons. The zero-order valence-corrected chi connectivity index (χ0v) is 21.4. The fourth-order valence-electron chi connectivity index (χ4n) is 4.37. The van der Waals surface area contributed by atoms with Crippen molar-refractivity contribution in [3.8, 4) is 0 Å². The van der Waals surface area contributed by atoms with Gasteiger partial charge >= 0.3 is 0 Å². The molecule has 1 amide bonds. The van der Waals surface area contributed by atoms with Crippen LogP contribution in [0, 0.1) is 12.7 Å². The van der Waals surface area contributed by atoms with Gasteiger partial charge < -0.3 is 15.3 Å². The molecule has 0 bridgehead atoms. The SMILES string of the molecule is Cc1c(C(=O)N[C@H]2CCN(c3ccc4nccn4n3)C2)c(=O)n(C)n1CC(C)(C)O.Fc1ccccc1. The van der Waals surface area contributed by atoms with Crippen molar-refractivity contribution in [3.63, 3.8) is 0 Å². The predicted octanol–water partition coefficient (Wildman–Crippen LogP) is 2.14. The third-order valence-corrected chi connectivity index (χ3v) is 6.20. The quantitative estimate of drug-likeness (QED) is 0.427. The normalized spacial score (nSPS) is 15.5. The number of aliphatic hydroxyl groups is 1. The number of nitrogens with one attached hydrogen (secondary N) is 1. The topological polar surface area (TPSA) is 110 Å². The van der Waals surface area contributed by atoms with Gasteiger partial charge in [-0.15, -0.1) is 5.10 Å². The van der Waals surface area contributed by atoms with Gasteiger partial charge in [0, 0.05) is 38.6 Å². The molecule has 37 heavy (non-hydrogen) atoms. The second-order valence-electron chi connectivity index (χ2n) is 9.78. The van der Waals surface area contributed by atoms with Crippen LogP contribution in [0.15, 0.2) is 59.7 Å². The van der Waals surface area contributed by atoms with E-state index in [1.54, 1.807) is 67.6 Å². The average Bonchev–Trinajstić information content (AvgIpc) is 3.55. The van der Waals surface area contributed by atoms with E-state index in [1.807, 2.05) is 12.1 Å². The Morgan fingerprint density at radius 2 is 1.95 bits per heavy atom. The van der Waals surface area contributed by atoms with Gasteiger partial charge in [-0.2, -0.15) is 0 Å². The number of carbonyl (C=O) groups is 1. The van der Waals surface area contributed by atoms with E-state index in [1.165, 1.54) is 16.8 Å². The van der Waals surface area contributed by atoms with Crippen molar-refractivity contribution >= 4 is 17.4 Å². The van der Waals surface area contributed by atoms with E-state index in [4.69, 9.17) is 0 Å². The molecule has 1 aliphatic rings. The standard InChI is InChI=1S/C20H27N7O3.C6H5F/c1-13-17(19(29)24(4)27(13)12-20(2,3)30)18(28)22-14-7-9-25(11-14)16-6-5-15-21-8-10-26(15)23-16;7-6-4-2-1-3-5-6/h5-6,8,10,14,30H,7,9,11-12H2,1-4H3,(H,22,28);1-5H/t14-;/m0./s1. The molecule has 1 saturated heterocycles. The summed E-state index contributed by atoms with van der Waals surface area (Å²) in [4.78, 5) is 31.9. The summed E-state index contributed by atoms with van der Waals surface area (Å²) in [6, 6.07) is 11.7. The lowest BCUT2D eigenvalue weighted by atomic mass is 10.1. The van der Waals surface area contributed by atoms with Crippen LogP contribution < -0.4 is 15.8 Å². The van der Waals surface area contributed by atoms with Gasteiger partial charge in [-0.3, -0.25) is 19.0 Å². The van der Waals surface area contributed by atoms with Gasteiger partial charge in [0.1, 0.15) is 17.2 Å². The summed E-state index contributed by atoms with van der Waals surface area (Å²) in [7, 11) is 1.60. The van der Waals surface area contributed by atoms with Gasteiger partial charge in [-0.25, -0.2) is 13.9 Å². The molecule has 0 spiro atoms. The first-order valence-corrected chi connectivity index (χ1v) is 12.1. The summed E-state index contributed by atoms with van der Waals surface area (Å²) in [6.45, 7) is 6.65. The molecule has 1 aromatic carbocycles. The minimum absolute atomic E-state index is 0.0838. The van der Waals surface area contributed by atoms with Crippen molar-refractivity contribution in [1.82, 2.24) is 29.3 Å². The van der Waals surface area contributed by atoms with Gasteiger partial charge in [0.2, 0.25) is 0 Å². The van der Waals surface area contributed by atoms with Crippen molar-refractivity contribution < 1.29 is 14.3 Å².